The van der Waals surface area contributed by atoms with Gasteiger partial charge in [-0.25, -0.2) is 0 Å². The summed E-state index contributed by atoms with van der Waals surface area (Å²) < 4.78 is 7.77. The molecule has 2 aromatic rings. The number of morpholine rings is 1. The molecule has 0 radical (unpaired) electrons. The Morgan fingerprint density at radius 1 is 0.969 bits per heavy atom. The second kappa shape index (κ2) is 9.54. The maximum Gasteiger partial charge on any atom is 0.174 e. The van der Waals surface area contributed by atoms with E-state index >= 15 is 0 Å². The van der Waals surface area contributed by atoms with Crippen LogP contribution in [0.5, 0.6) is 0 Å². The maximum atomic E-state index is 10.1. The molecular weight excluding hydrogens is 398 g/mol. The smallest absolute Gasteiger partial charge is 0.174 e. The first-order valence-corrected chi connectivity index (χ1v) is 11.7. The van der Waals surface area contributed by atoms with Crippen LogP contribution in [0.25, 0.3) is 11.6 Å². The van der Waals surface area contributed by atoms with Gasteiger partial charge in [0, 0.05) is 31.8 Å². The highest BCUT2D eigenvalue weighted by atomic mass is 16.5. The van der Waals surface area contributed by atoms with Crippen molar-refractivity contribution >= 4 is 11.6 Å². The molecule has 0 saturated carbocycles. The zero-order valence-corrected chi connectivity index (χ0v) is 18.5. The van der Waals surface area contributed by atoms with Crippen LogP contribution >= 0.6 is 0 Å². The zero-order valence-electron chi connectivity index (χ0n) is 18.5. The van der Waals surface area contributed by atoms with Crippen LogP contribution in [0.3, 0.4) is 0 Å². The highest BCUT2D eigenvalue weighted by Crippen LogP contribution is 2.37. The van der Waals surface area contributed by atoms with Gasteiger partial charge in [0.2, 0.25) is 0 Å². The lowest BCUT2D eigenvalue weighted by atomic mass is 10.1. The number of nitriles is 1. The van der Waals surface area contributed by atoms with Crippen molar-refractivity contribution in [3.8, 4) is 6.07 Å². The van der Waals surface area contributed by atoms with Gasteiger partial charge in [-0.1, -0.05) is 36.8 Å². The largest absolute Gasteiger partial charge is 0.378 e. The van der Waals surface area contributed by atoms with Crippen molar-refractivity contribution in [2.45, 2.75) is 45.1 Å². The molecule has 0 N–H and O–H groups in total. The number of aromatic nitrogens is 3. The van der Waals surface area contributed by atoms with Gasteiger partial charge in [-0.2, -0.15) is 5.26 Å². The molecule has 0 atom stereocenters. The number of allylic oxidation sites excluding steroid dienone is 4. The number of hydrogen-bond acceptors (Lipinski definition) is 5. The van der Waals surface area contributed by atoms with E-state index in [1.807, 2.05) is 6.07 Å². The molecule has 2 aliphatic heterocycles. The van der Waals surface area contributed by atoms with Gasteiger partial charge in [-0.3, -0.25) is 0 Å². The molecule has 1 aromatic carbocycles. The number of nitrogens with zero attached hydrogens (tertiary/aromatic N) is 5. The van der Waals surface area contributed by atoms with E-state index in [0.717, 1.165) is 76.6 Å². The summed E-state index contributed by atoms with van der Waals surface area (Å²) in [6.07, 6.45) is 10.7. The summed E-state index contributed by atoms with van der Waals surface area (Å²) >= 11 is 0. The van der Waals surface area contributed by atoms with Crippen LogP contribution in [0.15, 0.2) is 53.3 Å². The van der Waals surface area contributed by atoms with Gasteiger partial charge in [0.1, 0.15) is 11.9 Å². The predicted molar refractivity (Wildman–Crippen MR) is 124 cm³/mol. The van der Waals surface area contributed by atoms with Crippen LogP contribution in [-0.2, 0) is 17.7 Å². The second-order valence-electron chi connectivity index (χ2n) is 8.63. The van der Waals surface area contributed by atoms with Gasteiger partial charge in [-0.05, 0) is 54.5 Å². The number of benzene rings is 1. The Kier molecular flexibility index (Phi) is 6.17. The van der Waals surface area contributed by atoms with Gasteiger partial charge < -0.3 is 14.2 Å². The van der Waals surface area contributed by atoms with Gasteiger partial charge in [0.05, 0.1) is 18.8 Å². The molecule has 6 nitrogen and oxygen atoms in total. The summed E-state index contributed by atoms with van der Waals surface area (Å²) in [7, 11) is 0. The number of rotatable bonds is 4. The molecule has 0 unspecified atom stereocenters. The van der Waals surface area contributed by atoms with Crippen molar-refractivity contribution in [2.24, 2.45) is 0 Å². The van der Waals surface area contributed by atoms with Crippen LogP contribution in [0.2, 0.25) is 0 Å². The molecule has 3 aliphatic rings. The van der Waals surface area contributed by atoms with Crippen molar-refractivity contribution in [1.29, 1.82) is 5.26 Å². The van der Waals surface area contributed by atoms with Crippen molar-refractivity contribution in [1.82, 2.24) is 19.7 Å². The Bertz CT molecular complexity index is 1100. The summed E-state index contributed by atoms with van der Waals surface area (Å²) in [4.78, 5) is 2.43. The van der Waals surface area contributed by atoms with Gasteiger partial charge in [0.15, 0.2) is 5.82 Å². The topological polar surface area (TPSA) is 67.0 Å². The van der Waals surface area contributed by atoms with E-state index in [-0.39, 0.29) is 0 Å². The van der Waals surface area contributed by atoms with Crippen molar-refractivity contribution in [2.75, 3.05) is 26.3 Å². The lowest BCUT2D eigenvalue weighted by Crippen LogP contribution is -2.36. The molecule has 0 amide bonds. The van der Waals surface area contributed by atoms with Gasteiger partial charge in [0.25, 0.3) is 0 Å². The summed E-state index contributed by atoms with van der Waals surface area (Å²) in [5.41, 5.74) is 5.65. The normalized spacial score (nSPS) is 20.9. The molecule has 0 bridgehead atoms. The third-order valence-corrected chi connectivity index (χ3v) is 6.53. The van der Waals surface area contributed by atoms with Crippen molar-refractivity contribution < 1.29 is 4.74 Å². The summed E-state index contributed by atoms with van der Waals surface area (Å²) in [5.74, 6) is 1.73. The molecule has 5 rings (SSSR count). The molecule has 1 fully saturated rings. The molecule has 164 valence electrons. The highest BCUT2D eigenvalue weighted by Gasteiger charge is 2.26. The lowest BCUT2D eigenvalue weighted by Gasteiger charge is -2.31. The molecule has 1 saturated heterocycles. The fourth-order valence-corrected chi connectivity index (χ4v) is 4.94. The quantitative estimate of drug-likeness (QED) is 0.678. The van der Waals surface area contributed by atoms with Gasteiger partial charge in [-0.15, -0.1) is 10.2 Å². The highest BCUT2D eigenvalue weighted by molar-refractivity contribution is 5.76. The predicted octanol–water partition coefficient (Wildman–Crippen LogP) is 4.38. The fourth-order valence-electron chi connectivity index (χ4n) is 4.94. The van der Waals surface area contributed by atoms with Crippen LogP contribution < -0.4 is 0 Å². The van der Waals surface area contributed by atoms with Crippen LogP contribution in [0.4, 0.5) is 0 Å². The molecule has 6 heteroatoms. The third kappa shape index (κ3) is 4.26. The fraction of sp³-hybridized carbons (Fsp3) is 0.423. The Hall–Kier alpha value is -3.17. The molecule has 0 spiro atoms. The molecule has 3 heterocycles. The van der Waals surface area contributed by atoms with E-state index in [2.05, 4.69) is 62.2 Å². The van der Waals surface area contributed by atoms with E-state index in [9.17, 15) is 5.26 Å². The number of ether oxygens (including phenoxy) is 1. The summed E-state index contributed by atoms with van der Waals surface area (Å²) in [5, 5.41) is 18.9. The summed E-state index contributed by atoms with van der Waals surface area (Å²) in [6.45, 7) is 4.12. The van der Waals surface area contributed by atoms with E-state index < -0.39 is 0 Å². The maximum absolute atomic E-state index is 10.1. The van der Waals surface area contributed by atoms with E-state index in [4.69, 9.17) is 4.74 Å². The SMILES string of the molecule is N#C/C(=C\C1=C(N2CCOCC2)C(=C\c2ccccc2)/CC1)c1nnc2n1CCCCC2. The zero-order chi connectivity index (χ0) is 21.8. The minimum atomic E-state index is 0.618. The molecular formula is C26H29N5O. The first kappa shape index (κ1) is 20.7. The van der Waals surface area contributed by atoms with Gasteiger partial charge >= 0.3 is 0 Å². The average Bonchev–Trinajstić information content (AvgIpc) is 3.34. The molecule has 1 aromatic heterocycles. The summed E-state index contributed by atoms with van der Waals surface area (Å²) in [6, 6.07) is 12.9. The Balaban J connectivity index is 1.56. The Morgan fingerprint density at radius 2 is 1.81 bits per heavy atom. The second-order valence-corrected chi connectivity index (χ2v) is 8.63. The molecule has 32 heavy (non-hydrogen) atoms. The Labute approximate surface area is 189 Å². The first-order valence-electron chi connectivity index (χ1n) is 11.7. The lowest BCUT2D eigenvalue weighted by molar-refractivity contribution is 0.0547. The van der Waals surface area contributed by atoms with E-state index in [1.165, 1.54) is 28.8 Å². The van der Waals surface area contributed by atoms with Crippen LogP contribution in [0, 0.1) is 11.3 Å². The number of fused-ring (bicyclic) bond motifs is 1. The molecule has 1 aliphatic carbocycles. The Morgan fingerprint density at radius 3 is 2.62 bits per heavy atom. The van der Waals surface area contributed by atoms with E-state index in [1.54, 1.807) is 0 Å². The van der Waals surface area contributed by atoms with Crippen molar-refractivity contribution in [3.63, 3.8) is 0 Å². The monoisotopic (exact) mass is 427 g/mol. The van der Waals surface area contributed by atoms with Crippen LogP contribution in [-0.4, -0.2) is 46.0 Å². The minimum Gasteiger partial charge on any atom is -0.378 e. The van der Waals surface area contributed by atoms with Crippen LogP contribution in [0.1, 0.15) is 49.3 Å². The first-order chi connectivity index (χ1) is 15.8. The standard InChI is InChI=1S/C26H29N5O/c27-19-23(26-29-28-24-9-5-2-6-12-31(24)26)18-22-11-10-21(17-20-7-3-1-4-8-20)25(22)30-13-15-32-16-14-30/h1,3-4,7-8,17-18H,2,5-6,9-16H2/b21-17-,23-18+. The van der Waals surface area contributed by atoms with E-state index in [0.29, 0.717) is 5.57 Å². The third-order valence-electron chi connectivity index (χ3n) is 6.53. The minimum absolute atomic E-state index is 0.618. The van der Waals surface area contributed by atoms with Crippen molar-refractivity contribution in [3.05, 3.63) is 70.5 Å². The number of aryl methyl sites for hydroxylation is 1. The average molecular weight is 428 g/mol. The number of hydrogen-bond donors (Lipinski definition) is 0.